The van der Waals surface area contributed by atoms with Crippen LogP contribution < -0.4 is 0 Å². The normalized spacial score (nSPS) is 36.1. The summed E-state index contributed by atoms with van der Waals surface area (Å²) in [5, 5.41) is 0. The van der Waals surface area contributed by atoms with E-state index < -0.39 is 0 Å². The molecule has 0 atom stereocenters. The van der Waals surface area contributed by atoms with E-state index in [0.29, 0.717) is 0 Å². The van der Waals surface area contributed by atoms with Crippen LogP contribution >= 0.6 is 0 Å². The van der Waals surface area contributed by atoms with Crippen LogP contribution in [0.3, 0.4) is 0 Å². The third-order valence-electron chi connectivity index (χ3n) is 2.22. The molecule has 0 N–H and O–H groups in total. The predicted octanol–water partition coefficient (Wildman–Crippen LogP) is 2.81. The van der Waals surface area contributed by atoms with Crippen LogP contribution in [0, 0.1) is 18.8 Å². The van der Waals surface area contributed by atoms with Gasteiger partial charge in [-0.3, -0.25) is 0 Å². The molecule has 1 saturated carbocycles. The zero-order valence-corrected chi connectivity index (χ0v) is 5.97. The molecule has 0 unspecified atom stereocenters. The lowest BCUT2D eigenvalue weighted by Gasteiger charge is -2.22. The second kappa shape index (κ2) is 3.05. The smallest absolute Gasteiger partial charge is 0.0236 e. The molecular weight excluding hydrogens is 108 g/mol. The monoisotopic (exact) mass is 123 g/mol. The summed E-state index contributed by atoms with van der Waals surface area (Å²) in [4.78, 5) is 0. The molecule has 0 aromatic rings. The fraction of sp³-hybridized carbons (Fsp3) is 0.667. The Labute approximate surface area is 58.0 Å². The summed E-state index contributed by atoms with van der Waals surface area (Å²) in [5.74, 6) is 1.52. The summed E-state index contributed by atoms with van der Waals surface area (Å²) >= 11 is 0. The van der Waals surface area contributed by atoms with Gasteiger partial charge in [0, 0.05) is 0 Å². The van der Waals surface area contributed by atoms with Crippen molar-refractivity contribution in [3.05, 3.63) is 19.6 Å². The van der Waals surface area contributed by atoms with Crippen LogP contribution in [0.25, 0.3) is 0 Å². The van der Waals surface area contributed by atoms with E-state index in [1.165, 1.54) is 25.7 Å². The molecule has 1 radical (unpaired) electrons. The molecule has 9 heavy (non-hydrogen) atoms. The highest BCUT2D eigenvalue weighted by molar-refractivity contribution is 4.84. The lowest BCUT2D eigenvalue weighted by Crippen LogP contribution is -2.09. The standard InChI is InChI=1S/C9H15/c1-3-9-6-4-8(2)5-7-9/h3,8-9H,1-2,4-7H2. The van der Waals surface area contributed by atoms with E-state index in [2.05, 4.69) is 19.6 Å². The fourth-order valence-electron chi connectivity index (χ4n) is 1.42. The SMILES string of the molecule is [CH2]C1CCC(C=C)CC1. The number of hydrogen-bond donors (Lipinski definition) is 0. The van der Waals surface area contributed by atoms with Crippen LogP contribution in [0.15, 0.2) is 12.7 Å². The molecule has 0 aromatic carbocycles. The lowest BCUT2D eigenvalue weighted by molar-refractivity contribution is 0.355. The maximum Gasteiger partial charge on any atom is -0.0236 e. The van der Waals surface area contributed by atoms with E-state index in [4.69, 9.17) is 0 Å². The van der Waals surface area contributed by atoms with Crippen molar-refractivity contribution in [1.82, 2.24) is 0 Å². The summed E-state index contributed by atoms with van der Waals surface area (Å²) in [5.41, 5.74) is 0. The predicted molar refractivity (Wildman–Crippen MR) is 41.0 cm³/mol. The molecule has 51 valence electrons. The fourth-order valence-corrected chi connectivity index (χ4v) is 1.42. The molecule has 0 bridgehead atoms. The molecule has 0 saturated heterocycles. The Kier molecular flexibility index (Phi) is 2.32. The molecule has 0 spiro atoms. The second-order valence-electron chi connectivity index (χ2n) is 3.02. The molecule has 0 aromatic heterocycles. The minimum Gasteiger partial charge on any atom is -0.103 e. The third-order valence-corrected chi connectivity index (χ3v) is 2.22. The van der Waals surface area contributed by atoms with Gasteiger partial charge in [-0.15, -0.1) is 6.58 Å². The zero-order chi connectivity index (χ0) is 6.69. The van der Waals surface area contributed by atoms with Crippen LogP contribution in [-0.2, 0) is 0 Å². The van der Waals surface area contributed by atoms with Crippen LogP contribution in [0.1, 0.15) is 25.7 Å². The van der Waals surface area contributed by atoms with Gasteiger partial charge in [-0.05, 0) is 37.5 Å². The van der Waals surface area contributed by atoms with Gasteiger partial charge in [-0.1, -0.05) is 13.0 Å². The minimum atomic E-state index is 0.723. The first-order valence-electron chi connectivity index (χ1n) is 3.78. The van der Waals surface area contributed by atoms with Gasteiger partial charge in [0.2, 0.25) is 0 Å². The number of hydrogen-bond acceptors (Lipinski definition) is 0. The quantitative estimate of drug-likeness (QED) is 0.470. The first kappa shape index (κ1) is 6.85. The average Bonchev–Trinajstić information content (AvgIpc) is 1.90. The highest BCUT2D eigenvalue weighted by Crippen LogP contribution is 2.28. The number of allylic oxidation sites excluding steroid dienone is 1. The van der Waals surface area contributed by atoms with E-state index in [0.717, 1.165) is 11.8 Å². The van der Waals surface area contributed by atoms with E-state index in [1.54, 1.807) is 0 Å². The molecule has 1 rings (SSSR count). The largest absolute Gasteiger partial charge is 0.103 e. The van der Waals surface area contributed by atoms with Gasteiger partial charge in [0.1, 0.15) is 0 Å². The van der Waals surface area contributed by atoms with E-state index >= 15 is 0 Å². The highest BCUT2D eigenvalue weighted by atomic mass is 14.2. The minimum absolute atomic E-state index is 0.723. The maximum absolute atomic E-state index is 4.03. The van der Waals surface area contributed by atoms with Crippen molar-refractivity contribution in [3.63, 3.8) is 0 Å². The van der Waals surface area contributed by atoms with Crippen LogP contribution in [-0.4, -0.2) is 0 Å². The first-order chi connectivity index (χ1) is 4.33. The van der Waals surface area contributed by atoms with Crippen molar-refractivity contribution >= 4 is 0 Å². The molecule has 1 aliphatic rings. The molecule has 0 nitrogen and oxygen atoms in total. The van der Waals surface area contributed by atoms with Gasteiger partial charge in [-0.25, -0.2) is 0 Å². The van der Waals surface area contributed by atoms with Crippen molar-refractivity contribution in [3.8, 4) is 0 Å². The van der Waals surface area contributed by atoms with Crippen LogP contribution in [0.2, 0.25) is 0 Å². The third kappa shape index (κ3) is 1.85. The van der Waals surface area contributed by atoms with E-state index in [-0.39, 0.29) is 0 Å². The second-order valence-corrected chi connectivity index (χ2v) is 3.02. The van der Waals surface area contributed by atoms with E-state index in [9.17, 15) is 0 Å². The van der Waals surface area contributed by atoms with Gasteiger partial charge >= 0.3 is 0 Å². The van der Waals surface area contributed by atoms with Crippen molar-refractivity contribution in [2.45, 2.75) is 25.7 Å². The van der Waals surface area contributed by atoms with Crippen molar-refractivity contribution in [1.29, 1.82) is 0 Å². The van der Waals surface area contributed by atoms with Gasteiger partial charge in [0.25, 0.3) is 0 Å². The summed E-state index contributed by atoms with van der Waals surface area (Å²) < 4.78 is 0. The molecule has 0 heterocycles. The van der Waals surface area contributed by atoms with Crippen molar-refractivity contribution in [2.24, 2.45) is 11.8 Å². The number of rotatable bonds is 1. The van der Waals surface area contributed by atoms with Gasteiger partial charge < -0.3 is 0 Å². The Bertz CT molecular complexity index is 86.2. The average molecular weight is 123 g/mol. The maximum atomic E-state index is 4.03. The highest BCUT2D eigenvalue weighted by Gasteiger charge is 2.14. The van der Waals surface area contributed by atoms with Gasteiger partial charge in [-0.2, -0.15) is 0 Å². The van der Waals surface area contributed by atoms with Crippen LogP contribution in [0.5, 0.6) is 0 Å². The Balaban J connectivity index is 2.26. The summed E-state index contributed by atoms with van der Waals surface area (Å²) in [7, 11) is 0. The molecule has 0 amide bonds. The van der Waals surface area contributed by atoms with Crippen molar-refractivity contribution in [2.75, 3.05) is 0 Å². The molecule has 0 heteroatoms. The molecule has 0 aliphatic heterocycles. The topological polar surface area (TPSA) is 0 Å². The Hall–Kier alpha value is -0.260. The Morgan fingerprint density at radius 1 is 1.11 bits per heavy atom. The summed E-state index contributed by atoms with van der Waals surface area (Å²) in [6, 6.07) is 0. The van der Waals surface area contributed by atoms with Gasteiger partial charge in [0.15, 0.2) is 0 Å². The summed E-state index contributed by atoms with van der Waals surface area (Å²) in [6.07, 6.45) is 7.33. The van der Waals surface area contributed by atoms with Crippen LogP contribution in [0.4, 0.5) is 0 Å². The molecule has 1 aliphatic carbocycles. The lowest BCUT2D eigenvalue weighted by atomic mass is 9.83. The molecule has 1 fully saturated rings. The Morgan fingerprint density at radius 2 is 1.67 bits per heavy atom. The van der Waals surface area contributed by atoms with E-state index in [1.807, 2.05) is 0 Å². The van der Waals surface area contributed by atoms with Crippen molar-refractivity contribution < 1.29 is 0 Å². The Morgan fingerprint density at radius 3 is 2.11 bits per heavy atom. The first-order valence-corrected chi connectivity index (χ1v) is 3.78. The zero-order valence-electron chi connectivity index (χ0n) is 5.97. The summed E-state index contributed by atoms with van der Waals surface area (Å²) in [6.45, 7) is 7.82. The van der Waals surface area contributed by atoms with Gasteiger partial charge in [0.05, 0.1) is 0 Å². The molecular formula is C9H15.